The Balaban J connectivity index is 1.66. The van der Waals surface area contributed by atoms with Crippen molar-refractivity contribution in [2.24, 2.45) is 10.9 Å². The molecular formula is C28H33N3O7. The fraction of sp³-hybridized carbons (Fsp3) is 0.393. The molecule has 0 N–H and O–H groups in total. The Labute approximate surface area is 222 Å². The lowest BCUT2D eigenvalue weighted by Gasteiger charge is -2.21. The van der Waals surface area contributed by atoms with Crippen LogP contribution in [0.25, 0.3) is 5.70 Å². The third kappa shape index (κ3) is 8.60. The van der Waals surface area contributed by atoms with Crippen molar-refractivity contribution in [1.29, 1.82) is 0 Å². The molecule has 202 valence electrons. The molecule has 1 aliphatic rings. The van der Waals surface area contributed by atoms with Crippen LogP contribution in [0.5, 0.6) is 0 Å². The maximum Gasteiger partial charge on any atom is 0.336 e. The van der Waals surface area contributed by atoms with Crippen molar-refractivity contribution in [2.45, 2.75) is 26.3 Å². The topological polar surface area (TPSA) is 121 Å². The number of hydrogen-bond donors (Lipinski definition) is 0. The minimum absolute atomic E-state index is 0.00879. The molecule has 1 aliphatic heterocycles. The Kier molecular flexibility index (Phi) is 11.1. The second-order valence-corrected chi connectivity index (χ2v) is 8.86. The normalized spacial score (nSPS) is 15.0. The van der Waals surface area contributed by atoms with E-state index < -0.39 is 22.8 Å². The number of nitrogens with zero attached hydrogens (tertiary/aromatic N) is 3. The van der Waals surface area contributed by atoms with Gasteiger partial charge in [-0.2, -0.15) is 0 Å². The zero-order valence-electron chi connectivity index (χ0n) is 21.7. The fourth-order valence-electron chi connectivity index (χ4n) is 3.86. The van der Waals surface area contributed by atoms with Crippen molar-refractivity contribution in [2.75, 3.05) is 40.0 Å². The van der Waals surface area contributed by atoms with Gasteiger partial charge in [0.25, 0.3) is 5.69 Å². The van der Waals surface area contributed by atoms with Crippen LogP contribution in [0.2, 0.25) is 0 Å². The molecule has 10 nitrogen and oxygen atoms in total. The van der Waals surface area contributed by atoms with Crippen LogP contribution in [-0.2, 0) is 30.3 Å². The van der Waals surface area contributed by atoms with Crippen molar-refractivity contribution >= 4 is 29.5 Å². The van der Waals surface area contributed by atoms with E-state index in [9.17, 15) is 19.7 Å². The van der Waals surface area contributed by atoms with Crippen LogP contribution >= 0.6 is 0 Å². The summed E-state index contributed by atoms with van der Waals surface area (Å²) in [5.41, 5.74) is 1.81. The average Bonchev–Trinajstić information content (AvgIpc) is 2.93. The fourth-order valence-corrected chi connectivity index (χ4v) is 3.86. The van der Waals surface area contributed by atoms with Gasteiger partial charge in [-0.3, -0.25) is 24.8 Å². The summed E-state index contributed by atoms with van der Waals surface area (Å²) in [5, 5.41) is 11.3. The Morgan fingerprint density at radius 1 is 1.05 bits per heavy atom. The number of likely N-dealkylation sites (N-methyl/N-ethyl adjacent to an activating group) is 1. The first-order valence-corrected chi connectivity index (χ1v) is 12.5. The van der Waals surface area contributed by atoms with Crippen molar-refractivity contribution in [1.82, 2.24) is 4.90 Å². The zero-order chi connectivity index (χ0) is 27.3. The molecular weight excluding hydrogens is 490 g/mol. The number of nitro groups is 1. The van der Waals surface area contributed by atoms with Gasteiger partial charge in [0, 0.05) is 43.6 Å². The molecule has 0 spiro atoms. The lowest BCUT2D eigenvalue weighted by atomic mass is 9.93. The summed E-state index contributed by atoms with van der Waals surface area (Å²) >= 11 is 0. The van der Waals surface area contributed by atoms with Gasteiger partial charge in [-0.15, -0.1) is 0 Å². The lowest BCUT2D eigenvalue weighted by Crippen LogP contribution is -2.29. The quantitative estimate of drug-likeness (QED) is 0.157. The molecule has 10 heteroatoms. The van der Waals surface area contributed by atoms with Crippen LogP contribution in [0.15, 0.2) is 65.2 Å². The largest absolute Gasteiger partial charge is 0.464 e. The highest BCUT2D eigenvalue weighted by Crippen LogP contribution is 2.31. The van der Waals surface area contributed by atoms with E-state index >= 15 is 0 Å². The van der Waals surface area contributed by atoms with E-state index in [0.717, 1.165) is 18.5 Å². The SMILES string of the molecule is CCCOCCOC(=O)C1=C(c2cccc([N+](=O)[O-])c2)N=CC(C(=O)OCCN(C)Cc2ccccc2)C1. The molecule has 1 heterocycles. The molecule has 0 amide bonds. The number of ether oxygens (including phenoxy) is 3. The van der Waals surface area contributed by atoms with Crippen LogP contribution < -0.4 is 0 Å². The van der Waals surface area contributed by atoms with Gasteiger partial charge in [0.1, 0.15) is 13.2 Å². The number of hydrogen-bond acceptors (Lipinski definition) is 9. The van der Waals surface area contributed by atoms with Crippen LogP contribution in [-0.4, -0.2) is 68.0 Å². The maximum atomic E-state index is 13.0. The number of carbonyl (C=O) groups is 2. The monoisotopic (exact) mass is 523 g/mol. The molecule has 38 heavy (non-hydrogen) atoms. The first kappa shape index (κ1) is 28.7. The number of carbonyl (C=O) groups excluding carboxylic acids is 2. The number of rotatable bonds is 14. The van der Waals surface area contributed by atoms with Gasteiger partial charge in [-0.1, -0.05) is 49.4 Å². The van der Waals surface area contributed by atoms with Gasteiger partial charge in [0.2, 0.25) is 0 Å². The summed E-state index contributed by atoms with van der Waals surface area (Å²) < 4.78 is 16.2. The maximum absolute atomic E-state index is 13.0. The summed E-state index contributed by atoms with van der Waals surface area (Å²) in [6.45, 7) is 4.24. The highest BCUT2D eigenvalue weighted by molar-refractivity contribution is 6.04. The van der Waals surface area contributed by atoms with Crippen molar-refractivity contribution in [3.8, 4) is 0 Å². The third-order valence-electron chi connectivity index (χ3n) is 5.79. The molecule has 0 radical (unpaired) electrons. The first-order valence-electron chi connectivity index (χ1n) is 12.5. The highest BCUT2D eigenvalue weighted by Gasteiger charge is 2.30. The molecule has 0 saturated carbocycles. The standard InChI is InChI=1S/C28H33N3O7/c1-3-13-36-15-16-38-28(33)25-18-23(19-29-26(25)22-10-7-11-24(17-22)31(34)35)27(32)37-14-12-30(2)20-21-8-5-4-6-9-21/h4-11,17,19,23H,3,12-16,18,20H2,1-2H3. The van der Waals surface area contributed by atoms with E-state index in [-0.39, 0.29) is 43.2 Å². The number of non-ortho nitro benzene ring substituents is 1. The number of esters is 2. The van der Waals surface area contributed by atoms with Gasteiger partial charge >= 0.3 is 11.9 Å². The Hall–Kier alpha value is -3.89. The Morgan fingerprint density at radius 2 is 1.84 bits per heavy atom. The second kappa shape index (κ2) is 14.7. The lowest BCUT2D eigenvalue weighted by molar-refractivity contribution is -0.384. The molecule has 0 saturated heterocycles. The molecule has 1 atom stereocenters. The number of benzene rings is 2. The van der Waals surface area contributed by atoms with E-state index in [1.54, 1.807) is 6.07 Å². The highest BCUT2D eigenvalue weighted by atomic mass is 16.6. The zero-order valence-corrected chi connectivity index (χ0v) is 21.7. The van der Waals surface area contributed by atoms with E-state index in [0.29, 0.717) is 18.7 Å². The van der Waals surface area contributed by atoms with Crippen LogP contribution in [0.1, 0.15) is 30.9 Å². The summed E-state index contributed by atoms with van der Waals surface area (Å²) in [6.07, 6.45) is 2.27. The summed E-state index contributed by atoms with van der Waals surface area (Å²) in [4.78, 5) is 42.9. The molecule has 2 aromatic carbocycles. The number of nitro benzene ring substituents is 1. The molecule has 0 aromatic heterocycles. The molecule has 0 bridgehead atoms. The first-order chi connectivity index (χ1) is 18.4. The molecule has 0 aliphatic carbocycles. The smallest absolute Gasteiger partial charge is 0.336 e. The van der Waals surface area contributed by atoms with E-state index in [1.165, 1.54) is 24.4 Å². The van der Waals surface area contributed by atoms with Gasteiger partial charge < -0.3 is 14.2 Å². The minimum atomic E-state index is -0.782. The van der Waals surface area contributed by atoms with E-state index in [2.05, 4.69) is 4.99 Å². The van der Waals surface area contributed by atoms with Gasteiger partial charge in [-0.05, 0) is 25.5 Å². The van der Waals surface area contributed by atoms with Gasteiger partial charge in [0.15, 0.2) is 0 Å². The van der Waals surface area contributed by atoms with Crippen LogP contribution in [0.3, 0.4) is 0 Å². The van der Waals surface area contributed by atoms with Crippen molar-refractivity contribution in [3.63, 3.8) is 0 Å². The van der Waals surface area contributed by atoms with Crippen LogP contribution in [0, 0.1) is 16.0 Å². The van der Waals surface area contributed by atoms with Crippen LogP contribution in [0.4, 0.5) is 5.69 Å². The molecule has 0 fully saturated rings. The third-order valence-corrected chi connectivity index (χ3v) is 5.79. The summed E-state index contributed by atoms with van der Waals surface area (Å²) in [5.74, 6) is -1.93. The summed E-state index contributed by atoms with van der Waals surface area (Å²) in [7, 11) is 1.94. The molecule has 2 aromatic rings. The van der Waals surface area contributed by atoms with E-state index in [4.69, 9.17) is 14.2 Å². The minimum Gasteiger partial charge on any atom is -0.464 e. The second-order valence-electron chi connectivity index (χ2n) is 8.86. The molecule has 1 unspecified atom stereocenters. The predicted octanol–water partition coefficient (Wildman–Crippen LogP) is 4.04. The average molecular weight is 524 g/mol. The van der Waals surface area contributed by atoms with Gasteiger partial charge in [0.05, 0.1) is 28.7 Å². The predicted molar refractivity (Wildman–Crippen MR) is 142 cm³/mol. The van der Waals surface area contributed by atoms with Crippen molar-refractivity contribution in [3.05, 3.63) is 81.4 Å². The van der Waals surface area contributed by atoms with Crippen molar-refractivity contribution < 1.29 is 28.7 Å². The van der Waals surface area contributed by atoms with E-state index in [1.807, 2.05) is 49.2 Å². The number of aliphatic imine (C=N–C) groups is 1. The Bertz CT molecular complexity index is 1160. The molecule has 3 rings (SSSR count). The van der Waals surface area contributed by atoms with Gasteiger partial charge in [-0.25, -0.2) is 4.79 Å². The Morgan fingerprint density at radius 3 is 2.58 bits per heavy atom. The summed E-state index contributed by atoms with van der Waals surface area (Å²) in [6, 6.07) is 15.8.